The van der Waals surface area contributed by atoms with Crippen molar-refractivity contribution in [1.82, 2.24) is 15.1 Å². The van der Waals surface area contributed by atoms with E-state index in [0.717, 1.165) is 11.0 Å². The van der Waals surface area contributed by atoms with Crippen LogP contribution in [0.25, 0.3) is 0 Å². The second kappa shape index (κ2) is 5.67. The Morgan fingerprint density at radius 1 is 1.44 bits per heavy atom. The van der Waals surface area contributed by atoms with Crippen LogP contribution in [0.1, 0.15) is 29.7 Å². The third-order valence-electron chi connectivity index (χ3n) is 3.22. The highest BCUT2D eigenvalue weighted by atomic mass is 79.9. The van der Waals surface area contributed by atoms with Crippen LogP contribution in [0, 0.1) is 6.92 Å². The molecule has 96 valence electrons. The predicted octanol–water partition coefficient (Wildman–Crippen LogP) is 3.28. The van der Waals surface area contributed by atoms with Gasteiger partial charge in [-0.05, 0) is 38.1 Å². The van der Waals surface area contributed by atoms with Crippen molar-refractivity contribution < 1.29 is 0 Å². The van der Waals surface area contributed by atoms with E-state index >= 15 is 0 Å². The Morgan fingerprint density at radius 2 is 2.22 bits per heavy atom. The van der Waals surface area contributed by atoms with Gasteiger partial charge in [0, 0.05) is 22.8 Å². The summed E-state index contributed by atoms with van der Waals surface area (Å²) in [6, 6.07) is 6.48. The predicted molar refractivity (Wildman–Crippen MR) is 77.7 cm³/mol. The lowest BCUT2D eigenvalue weighted by molar-refractivity contribution is 0.653. The monoisotopic (exact) mass is 307 g/mol. The molecule has 3 nitrogen and oxygen atoms in total. The Kier molecular flexibility index (Phi) is 4.19. The van der Waals surface area contributed by atoms with Gasteiger partial charge in [0.2, 0.25) is 0 Å². The van der Waals surface area contributed by atoms with Gasteiger partial charge in [-0.1, -0.05) is 28.1 Å². The maximum atomic E-state index is 4.35. The average molecular weight is 308 g/mol. The zero-order valence-corrected chi connectivity index (χ0v) is 12.5. The molecule has 2 rings (SSSR count). The number of aryl methyl sites for hydroxylation is 1. The van der Waals surface area contributed by atoms with Crippen LogP contribution >= 0.6 is 15.9 Å². The topological polar surface area (TPSA) is 29.9 Å². The molecule has 18 heavy (non-hydrogen) atoms. The van der Waals surface area contributed by atoms with Gasteiger partial charge < -0.3 is 5.32 Å². The minimum Gasteiger partial charge on any atom is -0.309 e. The summed E-state index contributed by atoms with van der Waals surface area (Å²) in [4.78, 5) is 0. The molecule has 0 radical (unpaired) electrons. The van der Waals surface area contributed by atoms with Crippen molar-refractivity contribution in [3.8, 4) is 0 Å². The SMILES string of the molecule is CCn1cc(C(NC)c2cccc(Br)c2C)cn1. The summed E-state index contributed by atoms with van der Waals surface area (Å²) in [5.41, 5.74) is 3.74. The third kappa shape index (κ3) is 2.49. The van der Waals surface area contributed by atoms with E-state index < -0.39 is 0 Å². The van der Waals surface area contributed by atoms with Gasteiger partial charge in [-0.2, -0.15) is 5.10 Å². The molecule has 1 unspecified atom stereocenters. The molecule has 1 N–H and O–H groups in total. The van der Waals surface area contributed by atoms with E-state index in [1.807, 2.05) is 17.9 Å². The van der Waals surface area contributed by atoms with Gasteiger partial charge in [0.25, 0.3) is 0 Å². The number of benzene rings is 1. The molecule has 0 bridgehead atoms. The normalized spacial score (nSPS) is 12.7. The smallest absolute Gasteiger partial charge is 0.0608 e. The van der Waals surface area contributed by atoms with Crippen LogP contribution in [-0.2, 0) is 6.54 Å². The van der Waals surface area contributed by atoms with Crippen molar-refractivity contribution in [3.05, 3.63) is 51.8 Å². The summed E-state index contributed by atoms with van der Waals surface area (Å²) in [5, 5.41) is 7.71. The van der Waals surface area contributed by atoms with Crippen molar-refractivity contribution in [2.45, 2.75) is 26.4 Å². The highest BCUT2D eigenvalue weighted by molar-refractivity contribution is 9.10. The molecule has 1 heterocycles. The van der Waals surface area contributed by atoms with E-state index in [9.17, 15) is 0 Å². The first-order valence-corrected chi connectivity index (χ1v) is 6.91. The molecule has 2 aromatic rings. The summed E-state index contributed by atoms with van der Waals surface area (Å²) in [5.74, 6) is 0. The first-order chi connectivity index (χ1) is 8.67. The van der Waals surface area contributed by atoms with Gasteiger partial charge in [0.1, 0.15) is 0 Å². The van der Waals surface area contributed by atoms with E-state index in [1.165, 1.54) is 16.7 Å². The van der Waals surface area contributed by atoms with Crippen molar-refractivity contribution in [3.63, 3.8) is 0 Å². The summed E-state index contributed by atoms with van der Waals surface area (Å²) in [6.45, 7) is 5.12. The van der Waals surface area contributed by atoms with Crippen LogP contribution in [-0.4, -0.2) is 16.8 Å². The average Bonchev–Trinajstić information content (AvgIpc) is 2.84. The van der Waals surface area contributed by atoms with Gasteiger partial charge in [0.15, 0.2) is 0 Å². The standard InChI is InChI=1S/C14H18BrN3/c1-4-18-9-11(8-17-18)14(16-3)12-6-5-7-13(15)10(12)2/h5-9,14,16H,4H2,1-3H3. The van der Waals surface area contributed by atoms with Gasteiger partial charge in [-0.3, -0.25) is 4.68 Å². The van der Waals surface area contributed by atoms with E-state index in [-0.39, 0.29) is 6.04 Å². The quantitative estimate of drug-likeness (QED) is 0.939. The Morgan fingerprint density at radius 3 is 2.83 bits per heavy atom. The molecular weight excluding hydrogens is 290 g/mol. The number of halogens is 1. The molecule has 4 heteroatoms. The van der Waals surface area contributed by atoms with E-state index in [2.05, 4.69) is 64.6 Å². The fraction of sp³-hybridized carbons (Fsp3) is 0.357. The lowest BCUT2D eigenvalue weighted by atomic mass is 9.97. The fourth-order valence-electron chi connectivity index (χ4n) is 2.14. The number of nitrogens with one attached hydrogen (secondary N) is 1. The molecule has 0 saturated heterocycles. The maximum absolute atomic E-state index is 4.35. The van der Waals surface area contributed by atoms with Crippen molar-refractivity contribution in [2.75, 3.05) is 7.05 Å². The Labute approximate surface area is 116 Å². The zero-order valence-electron chi connectivity index (χ0n) is 10.9. The Balaban J connectivity index is 2.41. The van der Waals surface area contributed by atoms with E-state index in [0.29, 0.717) is 0 Å². The minimum absolute atomic E-state index is 0.183. The third-order valence-corrected chi connectivity index (χ3v) is 4.08. The zero-order chi connectivity index (χ0) is 13.1. The minimum atomic E-state index is 0.183. The van der Waals surface area contributed by atoms with Gasteiger partial charge in [0.05, 0.1) is 12.2 Å². The van der Waals surface area contributed by atoms with Crippen LogP contribution in [0.2, 0.25) is 0 Å². The van der Waals surface area contributed by atoms with Gasteiger partial charge >= 0.3 is 0 Å². The number of aromatic nitrogens is 2. The van der Waals surface area contributed by atoms with Crippen molar-refractivity contribution in [2.24, 2.45) is 0 Å². The molecule has 1 atom stereocenters. The lowest BCUT2D eigenvalue weighted by Gasteiger charge is -2.18. The second-order valence-corrected chi connectivity index (χ2v) is 5.16. The number of hydrogen-bond acceptors (Lipinski definition) is 2. The molecule has 0 spiro atoms. The molecule has 1 aromatic carbocycles. The first kappa shape index (κ1) is 13.3. The highest BCUT2D eigenvalue weighted by Gasteiger charge is 2.16. The summed E-state index contributed by atoms with van der Waals surface area (Å²) in [7, 11) is 1.98. The number of nitrogens with zero attached hydrogens (tertiary/aromatic N) is 2. The van der Waals surface area contributed by atoms with Crippen LogP contribution < -0.4 is 5.32 Å². The number of hydrogen-bond donors (Lipinski definition) is 1. The molecule has 0 aliphatic heterocycles. The molecule has 1 aromatic heterocycles. The Hall–Kier alpha value is -1.13. The van der Waals surface area contributed by atoms with Crippen LogP contribution in [0.5, 0.6) is 0 Å². The fourth-order valence-corrected chi connectivity index (χ4v) is 2.52. The summed E-state index contributed by atoms with van der Waals surface area (Å²) < 4.78 is 3.09. The number of rotatable bonds is 4. The molecule has 0 aliphatic rings. The van der Waals surface area contributed by atoms with Crippen LogP contribution in [0.4, 0.5) is 0 Å². The van der Waals surface area contributed by atoms with Crippen LogP contribution in [0.3, 0.4) is 0 Å². The Bertz CT molecular complexity index is 534. The van der Waals surface area contributed by atoms with E-state index in [4.69, 9.17) is 0 Å². The summed E-state index contributed by atoms with van der Waals surface area (Å²) >= 11 is 3.59. The maximum Gasteiger partial charge on any atom is 0.0608 e. The summed E-state index contributed by atoms with van der Waals surface area (Å²) in [6.07, 6.45) is 4.03. The largest absolute Gasteiger partial charge is 0.309 e. The molecule has 0 saturated carbocycles. The van der Waals surface area contributed by atoms with Crippen molar-refractivity contribution >= 4 is 15.9 Å². The lowest BCUT2D eigenvalue weighted by Crippen LogP contribution is -2.18. The van der Waals surface area contributed by atoms with Crippen LogP contribution in [0.15, 0.2) is 35.1 Å². The second-order valence-electron chi connectivity index (χ2n) is 4.31. The van der Waals surface area contributed by atoms with Crippen molar-refractivity contribution in [1.29, 1.82) is 0 Å². The first-order valence-electron chi connectivity index (χ1n) is 6.12. The van der Waals surface area contributed by atoms with Gasteiger partial charge in [-0.25, -0.2) is 0 Å². The molecular formula is C14H18BrN3. The van der Waals surface area contributed by atoms with E-state index in [1.54, 1.807) is 0 Å². The molecule has 0 fully saturated rings. The molecule has 0 amide bonds. The highest BCUT2D eigenvalue weighted by Crippen LogP contribution is 2.28. The van der Waals surface area contributed by atoms with Gasteiger partial charge in [-0.15, -0.1) is 0 Å². The molecule has 0 aliphatic carbocycles.